The van der Waals surface area contributed by atoms with Gasteiger partial charge in [0.2, 0.25) is 0 Å². The Hall–Kier alpha value is -1.23. The number of fused-ring (bicyclic) bond motifs is 1. The third kappa shape index (κ3) is 2.86. The second-order valence-electron chi connectivity index (χ2n) is 4.73. The number of hydrogen-bond acceptors (Lipinski definition) is 2. The lowest BCUT2D eigenvalue weighted by atomic mass is 10.1. The zero-order valence-electron chi connectivity index (χ0n) is 11.1. The maximum absolute atomic E-state index is 3.52. The Morgan fingerprint density at radius 1 is 1.05 bits per heavy atom. The molecule has 1 aromatic carbocycles. The van der Waals surface area contributed by atoms with Gasteiger partial charge in [-0.25, -0.2) is 0 Å². The Balaban J connectivity index is 0.00000133. The summed E-state index contributed by atoms with van der Waals surface area (Å²) in [5.41, 5.74) is 3.80. The molecular formula is C16H19IN2. The van der Waals surface area contributed by atoms with E-state index in [9.17, 15) is 0 Å². The van der Waals surface area contributed by atoms with Crippen molar-refractivity contribution >= 4 is 35.4 Å². The Bertz CT molecular complexity index is 543. The summed E-state index contributed by atoms with van der Waals surface area (Å²) in [6, 6.07) is 8.43. The van der Waals surface area contributed by atoms with Gasteiger partial charge in [0.15, 0.2) is 0 Å². The summed E-state index contributed by atoms with van der Waals surface area (Å²) in [5, 5.41) is 3.52. The first-order valence-electron chi connectivity index (χ1n) is 6.51. The lowest BCUT2D eigenvalue weighted by Gasteiger charge is -2.16. The first-order chi connectivity index (χ1) is 8.86. The molecule has 0 aromatic heterocycles. The zero-order valence-corrected chi connectivity index (χ0v) is 13.4. The molecule has 3 heteroatoms. The zero-order chi connectivity index (χ0) is 12.4. The molecular weight excluding hydrogens is 347 g/mol. The Morgan fingerprint density at radius 2 is 1.84 bits per heavy atom. The highest BCUT2D eigenvalue weighted by molar-refractivity contribution is 14.0. The third-order valence-electron chi connectivity index (χ3n) is 3.48. The number of para-hydroxylation sites is 2. The predicted octanol–water partition coefficient (Wildman–Crippen LogP) is 4.67. The summed E-state index contributed by atoms with van der Waals surface area (Å²) >= 11 is 0. The average molecular weight is 366 g/mol. The summed E-state index contributed by atoms with van der Waals surface area (Å²) in [6.45, 7) is 0. The van der Waals surface area contributed by atoms with Crippen LogP contribution in [0.1, 0.15) is 19.3 Å². The number of anilines is 2. The average Bonchev–Trinajstić information content (AvgIpc) is 2.67. The highest BCUT2D eigenvalue weighted by atomic mass is 127. The minimum Gasteiger partial charge on any atom is -0.340 e. The normalized spacial score (nSPS) is 21.2. The van der Waals surface area contributed by atoms with Crippen LogP contribution in [0.15, 0.2) is 60.0 Å². The van der Waals surface area contributed by atoms with Crippen molar-refractivity contribution in [2.45, 2.75) is 19.3 Å². The molecule has 0 fully saturated rings. The summed E-state index contributed by atoms with van der Waals surface area (Å²) in [5.74, 6) is 1.21. The van der Waals surface area contributed by atoms with E-state index in [-0.39, 0.29) is 24.0 Å². The summed E-state index contributed by atoms with van der Waals surface area (Å²) in [6.07, 6.45) is 12.3. The first-order valence-corrected chi connectivity index (χ1v) is 6.51. The number of halogens is 1. The van der Waals surface area contributed by atoms with E-state index in [1.54, 1.807) is 0 Å². The van der Waals surface area contributed by atoms with Crippen LogP contribution in [0.4, 0.5) is 11.4 Å². The molecule has 1 heterocycles. The lowest BCUT2D eigenvalue weighted by molar-refractivity contribution is 1.01. The largest absolute Gasteiger partial charge is 0.340 e. The van der Waals surface area contributed by atoms with E-state index in [0.29, 0.717) is 0 Å². The molecule has 2 aliphatic rings. The van der Waals surface area contributed by atoms with Gasteiger partial charge in [0.25, 0.3) is 0 Å². The number of allylic oxidation sites excluding steroid dienone is 5. The monoisotopic (exact) mass is 366 g/mol. The molecule has 0 bridgehead atoms. The Morgan fingerprint density at radius 3 is 2.68 bits per heavy atom. The number of hydrogen-bond donors (Lipinski definition) is 1. The van der Waals surface area contributed by atoms with Gasteiger partial charge in [0.1, 0.15) is 5.82 Å². The molecule has 19 heavy (non-hydrogen) atoms. The molecule has 0 atom stereocenters. The van der Waals surface area contributed by atoms with Crippen LogP contribution in [-0.4, -0.2) is 7.05 Å². The van der Waals surface area contributed by atoms with Gasteiger partial charge in [0.05, 0.1) is 11.4 Å². The maximum atomic E-state index is 3.52. The molecule has 1 aliphatic carbocycles. The molecule has 3 rings (SSSR count). The first kappa shape index (κ1) is 14.2. The van der Waals surface area contributed by atoms with E-state index in [1.807, 2.05) is 0 Å². The van der Waals surface area contributed by atoms with Crippen LogP contribution in [0, 0.1) is 0 Å². The third-order valence-corrected chi connectivity index (χ3v) is 3.48. The van der Waals surface area contributed by atoms with Crippen molar-refractivity contribution in [2.24, 2.45) is 0 Å². The Labute approximate surface area is 131 Å². The standard InChI is InChI=1S/C16H18N2.HI/c1-18-15-12-8-7-11-14(15)17-16(18)13-9-5-3-2-4-6-10-13;/h3,5-8,10-12,17H,2,4,9H2,1H3;1H. The maximum Gasteiger partial charge on any atom is 0.114 e. The van der Waals surface area contributed by atoms with Crippen molar-refractivity contribution in [3.05, 3.63) is 60.0 Å². The fourth-order valence-corrected chi connectivity index (χ4v) is 2.49. The topological polar surface area (TPSA) is 15.3 Å². The van der Waals surface area contributed by atoms with Crippen molar-refractivity contribution in [3.8, 4) is 0 Å². The van der Waals surface area contributed by atoms with E-state index in [0.717, 1.165) is 19.3 Å². The van der Waals surface area contributed by atoms with Crippen molar-refractivity contribution in [3.63, 3.8) is 0 Å². The molecule has 1 N–H and O–H groups in total. The fourth-order valence-electron chi connectivity index (χ4n) is 2.49. The van der Waals surface area contributed by atoms with Crippen LogP contribution >= 0.6 is 24.0 Å². The molecule has 0 unspecified atom stereocenters. The highest BCUT2D eigenvalue weighted by Gasteiger charge is 2.21. The van der Waals surface area contributed by atoms with Crippen LogP contribution in [0.5, 0.6) is 0 Å². The second kappa shape index (κ2) is 6.28. The highest BCUT2D eigenvalue weighted by Crippen LogP contribution is 2.36. The van der Waals surface area contributed by atoms with Gasteiger partial charge in [0, 0.05) is 7.05 Å². The summed E-state index contributed by atoms with van der Waals surface area (Å²) < 4.78 is 0. The molecule has 0 amide bonds. The molecule has 1 aliphatic heterocycles. The van der Waals surface area contributed by atoms with E-state index in [2.05, 4.69) is 65.8 Å². The second-order valence-corrected chi connectivity index (χ2v) is 4.73. The molecule has 0 radical (unpaired) electrons. The van der Waals surface area contributed by atoms with Crippen molar-refractivity contribution < 1.29 is 0 Å². The van der Waals surface area contributed by atoms with E-state index in [1.165, 1.54) is 22.8 Å². The van der Waals surface area contributed by atoms with Crippen molar-refractivity contribution in [1.82, 2.24) is 0 Å². The molecule has 0 spiro atoms. The van der Waals surface area contributed by atoms with E-state index in [4.69, 9.17) is 0 Å². The number of rotatable bonds is 0. The molecule has 100 valence electrons. The van der Waals surface area contributed by atoms with Crippen LogP contribution in [-0.2, 0) is 0 Å². The van der Waals surface area contributed by atoms with Gasteiger partial charge < -0.3 is 10.2 Å². The summed E-state index contributed by atoms with van der Waals surface area (Å²) in [4.78, 5) is 2.24. The van der Waals surface area contributed by atoms with Crippen LogP contribution < -0.4 is 10.2 Å². The quantitative estimate of drug-likeness (QED) is 0.530. The van der Waals surface area contributed by atoms with Crippen molar-refractivity contribution in [2.75, 3.05) is 17.3 Å². The van der Waals surface area contributed by atoms with Crippen LogP contribution in [0.25, 0.3) is 0 Å². The smallest absolute Gasteiger partial charge is 0.114 e. The van der Waals surface area contributed by atoms with Crippen LogP contribution in [0.2, 0.25) is 0 Å². The van der Waals surface area contributed by atoms with Crippen molar-refractivity contribution in [1.29, 1.82) is 0 Å². The van der Waals surface area contributed by atoms with Gasteiger partial charge in [-0.05, 0) is 37.0 Å². The minimum atomic E-state index is 0. The van der Waals surface area contributed by atoms with E-state index >= 15 is 0 Å². The van der Waals surface area contributed by atoms with Gasteiger partial charge in [-0.2, -0.15) is 0 Å². The SMILES string of the molecule is CN1C(=C2C=CCCC=CC2)Nc2ccccc21.I. The van der Waals surface area contributed by atoms with Crippen LogP contribution in [0.3, 0.4) is 0 Å². The molecule has 2 nitrogen and oxygen atoms in total. The minimum absolute atomic E-state index is 0. The molecule has 0 saturated heterocycles. The number of benzene rings is 1. The van der Waals surface area contributed by atoms with Gasteiger partial charge in [-0.3, -0.25) is 0 Å². The van der Waals surface area contributed by atoms with Gasteiger partial charge >= 0.3 is 0 Å². The summed E-state index contributed by atoms with van der Waals surface area (Å²) in [7, 11) is 2.12. The van der Waals surface area contributed by atoms with E-state index < -0.39 is 0 Å². The molecule has 1 aromatic rings. The predicted molar refractivity (Wildman–Crippen MR) is 93.0 cm³/mol. The van der Waals surface area contributed by atoms with Gasteiger partial charge in [-0.15, -0.1) is 24.0 Å². The molecule has 0 saturated carbocycles. The van der Waals surface area contributed by atoms with Gasteiger partial charge in [-0.1, -0.05) is 36.4 Å². The lowest BCUT2D eigenvalue weighted by Crippen LogP contribution is -2.16. The number of nitrogens with zero attached hydrogens (tertiary/aromatic N) is 1. The number of nitrogens with one attached hydrogen (secondary N) is 1. The fraction of sp³-hybridized carbons (Fsp3) is 0.250. The Kier molecular flexibility index (Phi) is 4.69.